The van der Waals surface area contributed by atoms with Gasteiger partial charge in [0.15, 0.2) is 11.6 Å². The zero-order valence-corrected chi connectivity index (χ0v) is 14.6. The summed E-state index contributed by atoms with van der Waals surface area (Å²) in [5.74, 6) is -1.44. The van der Waals surface area contributed by atoms with Crippen molar-refractivity contribution in [2.75, 3.05) is 0 Å². The minimum atomic E-state index is -5.83. The first-order chi connectivity index (χ1) is 12.7. The fourth-order valence-electron chi connectivity index (χ4n) is 2.59. The maximum Gasteiger partial charge on any atom is 0.534 e. The van der Waals surface area contributed by atoms with Crippen LogP contribution in [-0.4, -0.2) is 13.9 Å². The molecule has 0 spiro atoms. The Labute approximate surface area is 153 Å². The molecular formula is C18H14F4O4S. The Morgan fingerprint density at radius 2 is 1.78 bits per heavy atom. The van der Waals surface area contributed by atoms with Crippen molar-refractivity contribution in [1.82, 2.24) is 0 Å². The van der Waals surface area contributed by atoms with Gasteiger partial charge in [-0.3, -0.25) is 0 Å². The molecule has 9 heteroatoms. The summed E-state index contributed by atoms with van der Waals surface area (Å²) in [5, 5.41) is 0. The Morgan fingerprint density at radius 3 is 2.44 bits per heavy atom. The van der Waals surface area contributed by atoms with Crippen LogP contribution in [0.25, 0.3) is 5.76 Å². The van der Waals surface area contributed by atoms with Crippen LogP contribution in [0.15, 0.2) is 48.5 Å². The summed E-state index contributed by atoms with van der Waals surface area (Å²) in [6.07, 6.45) is 1.82. The van der Waals surface area contributed by atoms with E-state index in [-0.39, 0.29) is 24.3 Å². The minimum Gasteiger partial charge on any atom is -0.486 e. The van der Waals surface area contributed by atoms with Crippen LogP contribution in [0.3, 0.4) is 0 Å². The van der Waals surface area contributed by atoms with Gasteiger partial charge in [0.25, 0.3) is 0 Å². The number of rotatable bonds is 5. The predicted octanol–water partition coefficient (Wildman–Crippen LogP) is 4.56. The van der Waals surface area contributed by atoms with Crippen LogP contribution in [0.2, 0.25) is 0 Å². The molecule has 0 radical (unpaired) electrons. The largest absolute Gasteiger partial charge is 0.534 e. The van der Waals surface area contributed by atoms with Crippen molar-refractivity contribution in [3.05, 3.63) is 71.0 Å². The van der Waals surface area contributed by atoms with Crippen LogP contribution < -0.4 is 4.74 Å². The molecule has 0 heterocycles. The quantitative estimate of drug-likeness (QED) is 0.418. The molecule has 27 heavy (non-hydrogen) atoms. The van der Waals surface area contributed by atoms with E-state index < -0.39 is 27.2 Å². The summed E-state index contributed by atoms with van der Waals surface area (Å²) in [6, 6.07) is 11.3. The molecule has 0 unspecified atom stereocenters. The van der Waals surface area contributed by atoms with E-state index in [0.717, 1.165) is 11.6 Å². The number of halogens is 4. The van der Waals surface area contributed by atoms with E-state index in [1.807, 2.05) is 6.07 Å². The van der Waals surface area contributed by atoms with Gasteiger partial charge in [-0.15, -0.1) is 0 Å². The third-order valence-corrected chi connectivity index (χ3v) is 4.85. The van der Waals surface area contributed by atoms with Crippen LogP contribution in [0.5, 0.6) is 5.75 Å². The lowest BCUT2D eigenvalue weighted by molar-refractivity contribution is -0.0509. The van der Waals surface area contributed by atoms with Gasteiger partial charge in [-0.05, 0) is 42.2 Å². The topological polar surface area (TPSA) is 52.6 Å². The normalized spacial score (nSPS) is 14.3. The second kappa shape index (κ2) is 7.22. The van der Waals surface area contributed by atoms with Gasteiger partial charge in [-0.1, -0.05) is 30.3 Å². The second-order valence-electron chi connectivity index (χ2n) is 5.80. The molecule has 0 aromatic heterocycles. The van der Waals surface area contributed by atoms with Crippen molar-refractivity contribution in [3.63, 3.8) is 0 Å². The van der Waals surface area contributed by atoms with Gasteiger partial charge in [0.2, 0.25) is 0 Å². The molecule has 144 valence electrons. The third kappa shape index (κ3) is 4.24. The molecule has 1 aliphatic rings. The highest BCUT2D eigenvalue weighted by molar-refractivity contribution is 7.87. The van der Waals surface area contributed by atoms with Crippen LogP contribution in [0, 0.1) is 5.82 Å². The molecule has 1 aliphatic carbocycles. The van der Waals surface area contributed by atoms with E-state index in [4.69, 9.17) is 4.74 Å². The Morgan fingerprint density at radius 1 is 1.07 bits per heavy atom. The summed E-state index contributed by atoms with van der Waals surface area (Å²) in [4.78, 5) is 0. The Balaban J connectivity index is 1.84. The predicted molar refractivity (Wildman–Crippen MR) is 89.5 cm³/mol. The summed E-state index contributed by atoms with van der Waals surface area (Å²) in [5.41, 5.74) is -4.36. The van der Waals surface area contributed by atoms with Crippen molar-refractivity contribution in [3.8, 4) is 5.75 Å². The van der Waals surface area contributed by atoms with Gasteiger partial charge < -0.3 is 8.92 Å². The minimum absolute atomic E-state index is 0.0429. The van der Waals surface area contributed by atoms with Gasteiger partial charge in [0.05, 0.1) is 0 Å². The maximum absolute atomic E-state index is 14.3. The number of hydrogen-bond donors (Lipinski definition) is 0. The van der Waals surface area contributed by atoms with E-state index in [1.165, 1.54) is 12.1 Å². The molecule has 4 nitrogen and oxygen atoms in total. The van der Waals surface area contributed by atoms with Gasteiger partial charge in [-0.25, -0.2) is 4.39 Å². The molecule has 0 aliphatic heterocycles. The molecule has 0 saturated heterocycles. The van der Waals surface area contributed by atoms with Crippen molar-refractivity contribution in [1.29, 1.82) is 0 Å². The highest BCUT2D eigenvalue weighted by Crippen LogP contribution is 2.36. The number of benzene rings is 2. The molecule has 0 atom stereocenters. The monoisotopic (exact) mass is 402 g/mol. The van der Waals surface area contributed by atoms with Crippen molar-refractivity contribution < 1.29 is 34.9 Å². The van der Waals surface area contributed by atoms with E-state index in [1.54, 1.807) is 24.3 Å². The fourth-order valence-corrected chi connectivity index (χ4v) is 3.08. The molecule has 2 aromatic carbocycles. The molecule has 3 rings (SSSR count). The van der Waals surface area contributed by atoms with Gasteiger partial charge in [-0.2, -0.15) is 21.6 Å². The number of hydrogen-bond acceptors (Lipinski definition) is 4. The lowest BCUT2D eigenvalue weighted by atomic mass is 9.95. The van der Waals surface area contributed by atoms with Gasteiger partial charge in [0.1, 0.15) is 12.4 Å². The van der Waals surface area contributed by atoms with E-state index >= 15 is 0 Å². The van der Waals surface area contributed by atoms with Crippen LogP contribution in [0.1, 0.15) is 23.1 Å². The molecule has 0 saturated carbocycles. The third-order valence-electron chi connectivity index (χ3n) is 3.89. The molecule has 0 bridgehead atoms. The van der Waals surface area contributed by atoms with E-state index in [9.17, 15) is 26.0 Å². The highest BCUT2D eigenvalue weighted by Gasteiger charge is 2.49. The Bertz CT molecular complexity index is 967. The summed E-state index contributed by atoms with van der Waals surface area (Å²) >= 11 is 0. The molecule has 0 N–H and O–H groups in total. The Hall–Kier alpha value is -2.55. The zero-order valence-electron chi connectivity index (χ0n) is 13.8. The van der Waals surface area contributed by atoms with Crippen LogP contribution in [0.4, 0.5) is 17.6 Å². The van der Waals surface area contributed by atoms with E-state index in [2.05, 4.69) is 4.18 Å². The molecule has 0 fully saturated rings. The number of alkyl halides is 3. The average Bonchev–Trinajstić information content (AvgIpc) is 2.60. The average molecular weight is 402 g/mol. The molecule has 2 aromatic rings. The summed E-state index contributed by atoms with van der Waals surface area (Å²) < 4.78 is 84.1. The number of aryl methyl sites for hydroxylation is 1. The molecular weight excluding hydrogens is 388 g/mol. The van der Waals surface area contributed by atoms with Crippen molar-refractivity contribution in [2.24, 2.45) is 0 Å². The lowest BCUT2D eigenvalue weighted by Crippen LogP contribution is -2.25. The number of ether oxygens (including phenoxy) is 1. The van der Waals surface area contributed by atoms with Crippen molar-refractivity contribution in [2.45, 2.75) is 25.0 Å². The van der Waals surface area contributed by atoms with Gasteiger partial charge >= 0.3 is 15.6 Å². The first-order valence-electron chi connectivity index (χ1n) is 7.88. The fraction of sp³-hybridized carbons (Fsp3) is 0.222. The second-order valence-corrected chi connectivity index (χ2v) is 7.34. The highest BCUT2D eigenvalue weighted by atomic mass is 32.2. The smallest absolute Gasteiger partial charge is 0.486 e. The van der Waals surface area contributed by atoms with Crippen molar-refractivity contribution >= 4 is 15.9 Å². The SMILES string of the molecule is O=S(=O)(OC1=CCCc2cc(OCc3ccccc3)c(F)cc21)C(F)(F)F. The maximum atomic E-state index is 14.3. The Kier molecular flexibility index (Phi) is 5.14. The zero-order chi connectivity index (χ0) is 19.7. The summed E-state index contributed by atoms with van der Waals surface area (Å²) in [7, 11) is -5.83. The first kappa shape index (κ1) is 19.2. The number of fused-ring (bicyclic) bond motifs is 1. The lowest BCUT2D eigenvalue weighted by Gasteiger charge is -2.20. The molecule has 0 amide bonds. The first-order valence-corrected chi connectivity index (χ1v) is 9.28. The van der Waals surface area contributed by atoms with Crippen LogP contribution >= 0.6 is 0 Å². The van der Waals surface area contributed by atoms with Crippen LogP contribution in [-0.2, 0) is 27.3 Å². The summed E-state index contributed by atoms with van der Waals surface area (Å²) in [6.45, 7) is 0.109. The van der Waals surface area contributed by atoms with E-state index in [0.29, 0.717) is 12.0 Å². The number of allylic oxidation sites excluding steroid dienone is 1. The van der Waals surface area contributed by atoms with Gasteiger partial charge in [0, 0.05) is 5.56 Å². The standard InChI is InChI=1S/C18H14F4O4S/c19-15-10-14-13(9-17(15)25-11-12-5-2-1-3-6-12)7-4-8-16(14)26-27(23,24)18(20,21)22/h1-3,5-6,8-10H,4,7,11H2.